The molecule has 0 radical (unpaired) electrons. The highest BCUT2D eigenvalue weighted by Gasteiger charge is 2.09. The lowest BCUT2D eigenvalue weighted by atomic mass is 10.1. The third-order valence-corrected chi connectivity index (χ3v) is 4.66. The molecule has 6 nitrogen and oxygen atoms in total. The first-order valence-corrected chi connectivity index (χ1v) is 9.17. The molecule has 0 aliphatic rings. The fourth-order valence-corrected chi connectivity index (χ4v) is 3.05. The summed E-state index contributed by atoms with van der Waals surface area (Å²) >= 11 is 11.5. The van der Waals surface area contributed by atoms with E-state index in [1.165, 1.54) is 11.1 Å². The summed E-state index contributed by atoms with van der Waals surface area (Å²) in [6, 6.07) is 8.28. The van der Waals surface area contributed by atoms with Crippen molar-refractivity contribution in [1.29, 1.82) is 0 Å². The summed E-state index contributed by atoms with van der Waals surface area (Å²) in [7, 11) is 0. The van der Waals surface area contributed by atoms with Crippen LogP contribution in [0.5, 0.6) is 0 Å². The summed E-state index contributed by atoms with van der Waals surface area (Å²) in [5.74, 6) is 0. The number of thiocarbonyl (C=S) groups is 1. The number of aromatic nitrogens is 4. The molecule has 0 fully saturated rings. The quantitative estimate of drug-likeness (QED) is 0.632. The van der Waals surface area contributed by atoms with Crippen molar-refractivity contribution in [2.24, 2.45) is 0 Å². The van der Waals surface area contributed by atoms with Crippen LogP contribution in [-0.4, -0.2) is 24.7 Å². The standard InChI is InChI=1S/C18H21ClN6S/c1-3-25-17(16(19)9-22-25)10-20-18(26)23-15-8-21-24(12-15)11-14-7-5-4-6-13(14)2/h4-9,12H,3,10-11H2,1-2H3,(H2,20,23,26). The van der Waals surface area contributed by atoms with Gasteiger partial charge in [0.05, 0.1) is 41.9 Å². The Bertz CT molecular complexity index is 901. The van der Waals surface area contributed by atoms with Crippen molar-refractivity contribution in [3.8, 4) is 0 Å². The number of benzene rings is 1. The number of nitrogens with zero attached hydrogens (tertiary/aromatic N) is 4. The molecule has 0 atom stereocenters. The number of halogens is 1. The summed E-state index contributed by atoms with van der Waals surface area (Å²) in [5, 5.41) is 16.1. The lowest BCUT2D eigenvalue weighted by Crippen LogP contribution is -2.28. The van der Waals surface area contributed by atoms with Crippen LogP contribution in [0, 0.1) is 6.92 Å². The van der Waals surface area contributed by atoms with Gasteiger partial charge in [0.15, 0.2) is 5.11 Å². The molecule has 0 bridgehead atoms. The molecule has 2 N–H and O–H groups in total. The molecule has 8 heteroatoms. The van der Waals surface area contributed by atoms with Gasteiger partial charge >= 0.3 is 0 Å². The number of rotatable bonds is 6. The Balaban J connectivity index is 1.56. The van der Waals surface area contributed by atoms with Gasteiger partial charge in [-0.3, -0.25) is 9.36 Å². The first-order valence-electron chi connectivity index (χ1n) is 8.38. The van der Waals surface area contributed by atoms with Gasteiger partial charge in [0, 0.05) is 12.7 Å². The molecule has 26 heavy (non-hydrogen) atoms. The minimum Gasteiger partial charge on any atom is -0.357 e. The lowest BCUT2D eigenvalue weighted by molar-refractivity contribution is 0.614. The van der Waals surface area contributed by atoms with Crippen LogP contribution >= 0.6 is 23.8 Å². The Hall–Kier alpha value is -2.38. The van der Waals surface area contributed by atoms with E-state index in [-0.39, 0.29) is 0 Å². The molecule has 3 rings (SSSR count). The molecule has 1 aromatic carbocycles. The molecule has 0 spiro atoms. The molecule has 0 saturated heterocycles. The largest absolute Gasteiger partial charge is 0.357 e. The van der Waals surface area contributed by atoms with Gasteiger partial charge in [-0.25, -0.2) is 0 Å². The Morgan fingerprint density at radius 3 is 2.81 bits per heavy atom. The van der Waals surface area contributed by atoms with Crippen molar-refractivity contribution < 1.29 is 0 Å². The molecule has 3 aromatic rings. The summed E-state index contributed by atoms with van der Waals surface area (Å²) < 4.78 is 3.73. The van der Waals surface area contributed by atoms with E-state index in [1.807, 2.05) is 34.6 Å². The first kappa shape index (κ1) is 18.4. The van der Waals surface area contributed by atoms with Gasteiger partial charge in [-0.15, -0.1) is 0 Å². The zero-order valence-corrected chi connectivity index (χ0v) is 16.3. The van der Waals surface area contributed by atoms with Crippen LogP contribution in [0.25, 0.3) is 0 Å². The third-order valence-electron chi connectivity index (χ3n) is 4.10. The van der Waals surface area contributed by atoms with Gasteiger partial charge in [0.1, 0.15) is 0 Å². The average molecular weight is 389 g/mol. The second-order valence-electron chi connectivity index (χ2n) is 5.92. The van der Waals surface area contributed by atoms with Crippen LogP contribution < -0.4 is 10.6 Å². The molecule has 0 unspecified atom stereocenters. The zero-order chi connectivity index (χ0) is 18.5. The van der Waals surface area contributed by atoms with Crippen LogP contribution in [-0.2, 0) is 19.6 Å². The molecule has 2 aromatic heterocycles. The number of hydrogen-bond acceptors (Lipinski definition) is 3. The third kappa shape index (κ3) is 4.42. The maximum absolute atomic E-state index is 6.16. The van der Waals surface area contributed by atoms with E-state index in [0.717, 1.165) is 24.5 Å². The van der Waals surface area contributed by atoms with E-state index in [0.29, 0.717) is 16.7 Å². The van der Waals surface area contributed by atoms with Gasteiger partial charge in [-0.2, -0.15) is 10.2 Å². The predicted molar refractivity (Wildman–Crippen MR) is 108 cm³/mol. The van der Waals surface area contributed by atoms with Gasteiger partial charge in [0.25, 0.3) is 0 Å². The molecular weight excluding hydrogens is 368 g/mol. The van der Waals surface area contributed by atoms with Crippen LogP contribution in [0.3, 0.4) is 0 Å². The smallest absolute Gasteiger partial charge is 0.171 e. The van der Waals surface area contributed by atoms with Crippen molar-refractivity contribution in [2.45, 2.75) is 33.5 Å². The Labute approximate surface area is 163 Å². The van der Waals surface area contributed by atoms with Crippen LogP contribution in [0.1, 0.15) is 23.7 Å². The van der Waals surface area contributed by atoms with Crippen molar-refractivity contribution >= 4 is 34.6 Å². The van der Waals surface area contributed by atoms with Crippen molar-refractivity contribution in [2.75, 3.05) is 5.32 Å². The minimum absolute atomic E-state index is 0.510. The second kappa shape index (κ2) is 8.33. The number of aryl methyl sites for hydroxylation is 2. The molecule has 2 heterocycles. The van der Waals surface area contributed by atoms with E-state index in [2.05, 4.69) is 39.9 Å². The first-order chi connectivity index (χ1) is 12.6. The van der Waals surface area contributed by atoms with E-state index >= 15 is 0 Å². The molecular formula is C18H21ClN6S. The SMILES string of the molecule is CCn1ncc(Cl)c1CNC(=S)Nc1cnn(Cc2ccccc2C)c1. The Morgan fingerprint density at radius 2 is 2.04 bits per heavy atom. The van der Waals surface area contributed by atoms with Crippen molar-refractivity contribution in [3.05, 3.63) is 64.7 Å². The van der Waals surface area contributed by atoms with Gasteiger partial charge in [0.2, 0.25) is 0 Å². The molecule has 0 aliphatic carbocycles. The zero-order valence-electron chi connectivity index (χ0n) is 14.7. The van der Waals surface area contributed by atoms with E-state index in [4.69, 9.17) is 23.8 Å². The number of hydrogen-bond donors (Lipinski definition) is 2. The van der Waals surface area contributed by atoms with E-state index < -0.39 is 0 Å². The van der Waals surface area contributed by atoms with Crippen molar-refractivity contribution in [3.63, 3.8) is 0 Å². The molecule has 0 amide bonds. The van der Waals surface area contributed by atoms with Crippen LogP contribution in [0.15, 0.2) is 42.9 Å². The highest BCUT2D eigenvalue weighted by Crippen LogP contribution is 2.15. The second-order valence-corrected chi connectivity index (χ2v) is 6.73. The maximum atomic E-state index is 6.16. The highest BCUT2D eigenvalue weighted by atomic mass is 35.5. The lowest BCUT2D eigenvalue weighted by Gasteiger charge is -2.10. The summed E-state index contributed by atoms with van der Waals surface area (Å²) in [4.78, 5) is 0. The molecule has 136 valence electrons. The highest BCUT2D eigenvalue weighted by molar-refractivity contribution is 7.80. The van der Waals surface area contributed by atoms with Crippen LogP contribution in [0.2, 0.25) is 5.02 Å². The van der Waals surface area contributed by atoms with Crippen LogP contribution in [0.4, 0.5) is 5.69 Å². The average Bonchev–Trinajstić information content (AvgIpc) is 3.21. The summed E-state index contributed by atoms with van der Waals surface area (Å²) in [6.07, 6.45) is 5.34. The number of nitrogens with one attached hydrogen (secondary N) is 2. The Morgan fingerprint density at radius 1 is 1.23 bits per heavy atom. The van der Waals surface area contributed by atoms with Crippen molar-refractivity contribution in [1.82, 2.24) is 24.9 Å². The number of anilines is 1. The van der Waals surface area contributed by atoms with Gasteiger partial charge < -0.3 is 10.6 Å². The minimum atomic E-state index is 0.510. The monoisotopic (exact) mass is 388 g/mol. The summed E-state index contributed by atoms with van der Waals surface area (Å²) in [6.45, 7) is 6.11. The van der Waals surface area contributed by atoms with E-state index in [1.54, 1.807) is 12.4 Å². The normalized spacial score (nSPS) is 10.7. The predicted octanol–water partition coefficient (Wildman–Crippen LogP) is 3.60. The fourth-order valence-electron chi connectivity index (χ4n) is 2.65. The molecule has 0 saturated carbocycles. The van der Waals surface area contributed by atoms with Gasteiger partial charge in [-0.1, -0.05) is 35.9 Å². The maximum Gasteiger partial charge on any atom is 0.171 e. The molecule has 0 aliphatic heterocycles. The van der Waals surface area contributed by atoms with Gasteiger partial charge in [-0.05, 0) is 37.2 Å². The fraction of sp³-hybridized carbons (Fsp3) is 0.278. The Kier molecular flexibility index (Phi) is 5.90. The topological polar surface area (TPSA) is 59.7 Å². The van der Waals surface area contributed by atoms with E-state index in [9.17, 15) is 0 Å². The summed E-state index contributed by atoms with van der Waals surface area (Å²) in [5.41, 5.74) is 4.24.